The van der Waals surface area contributed by atoms with Gasteiger partial charge in [-0.05, 0) is 24.1 Å². The summed E-state index contributed by atoms with van der Waals surface area (Å²) in [5.74, 6) is 0.172. The van der Waals surface area contributed by atoms with Crippen LogP contribution in [0.1, 0.15) is 36.1 Å². The normalized spacial score (nSPS) is 12.3. The number of hydrogen-bond donors (Lipinski definition) is 2. The molecule has 8 heteroatoms. The van der Waals surface area contributed by atoms with Crippen LogP contribution in [0.2, 0.25) is 5.02 Å². The second-order valence-electron chi connectivity index (χ2n) is 6.26. The Morgan fingerprint density at radius 1 is 1.27 bits per heavy atom. The first-order valence-corrected chi connectivity index (χ1v) is 8.44. The molecular weight excluding hydrogens is 356 g/mol. The number of nitrogens with zero attached hydrogens (tertiary/aromatic N) is 2. The van der Waals surface area contributed by atoms with Crippen LogP contribution in [-0.2, 0) is 0 Å². The van der Waals surface area contributed by atoms with E-state index in [1.54, 1.807) is 0 Å². The second kappa shape index (κ2) is 7.13. The summed E-state index contributed by atoms with van der Waals surface area (Å²) >= 11 is 6.06. The third-order valence-electron chi connectivity index (χ3n) is 4.06. The molecule has 0 saturated carbocycles. The molecule has 0 aliphatic carbocycles. The van der Waals surface area contributed by atoms with Crippen LogP contribution in [0.25, 0.3) is 11.0 Å². The molecule has 0 radical (unpaired) electrons. The zero-order chi connectivity index (χ0) is 18.8. The molecule has 0 spiro atoms. The fraction of sp³-hybridized carbons (Fsp3) is 0.222. The number of rotatable bonds is 5. The van der Waals surface area contributed by atoms with E-state index >= 15 is 0 Å². The zero-order valence-electron chi connectivity index (χ0n) is 14.2. The number of para-hydroxylation sites is 2. The van der Waals surface area contributed by atoms with Crippen molar-refractivity contribution in [1.82, 2.24) is 15.3 Å². The Balaban J connectivity index is 1.92. The van der Waals surface area contributed by atoms with E-state index in [0.717, 1.165) is 11.0 Å². The quantitative estimate of drug-likeness (QED) is 0.516. The van der Waals surface area contributed by atoms with Gasteiger partial charge in [0.1, 0.15) is 5.82 Å². The molecule has 1 heterocycles. The van der Waals surface area contributed by atoms with Gasteiger partial charge in [0.25, 0.3) is 11.6 Å². The first-order chi connectivity index (χ1) is 12.4. The van der Waals surface area contributed by atoms with E-state index in [2.05, 4.69) is 15.3 Å². The van der Waals surface area contributed by atoms with Crippen LogP contribution in [0.3, 0.4) is 0 Å². The summed E-state index contributed by atoms with van der Waals surface area (Å²) in [6.07, 6.45) is 0. The molecule has 0 bridgehead atoms. The molecule has 1 amide bonds. The number of nitro benzene ring substituents is 1. The molecule has 26 heavy (non-hydrogen) atoms. The number of H-pyrrole nitrogens is 1. The van der Waals surface area contributed by atoms with Gasteiger partial charge in [0.2, 0.25) is 0 Å². The van der Waals surface area contributed by atoms with Gasteiger partial charge >= 0.3 is 0 Å². The Bertz CT molecular complexity index is 950. The molecule has 3 aromatic rings. The number of aromatic nitrogens is 2. The van der Waals surface area contributed by atoms with Gasteiger partial charge < -0.3 is 10.3 Å². The third kappa shape index (κ3) is 3.52. The summed E-state index contributed by atoms with van der Waals surface area (Å²) in [6, 6.07) is 11.0. The highest BCUT2D eigenvalue weighted by Gasteiger charge is 2.24. The maximum absolute atomic E-state index is 12.7. The zero-order valence-corrected chi connectivity index (χ0v) is 14.9. The monoisotopic (exact) mass is 372 g/mol. The Hall–Kier alpha value is -2.93. The van der Waals surface area contributed by atoms with Gasteiger partial charge in [0.05, 0.1) is 32.6 Å². The minimum Gasteiger partial charge on any atom is -0.342 e. The lowest BCUT2D eigenvalue weighted by atomic mass is 10.0. The van der Waals surface area contributed by atoms with E-state index < -0.39 is 16.9 Å². The number of non-ortho nitro benzene ring substituents is 1. The Morgan fingerprint density at radius 2 is 2.00 bits per heavy atom. The Kier molecular flexibility index (Phi) is 4.90. The van der Waals surface area contributed by atoms with Crippen molar-refractivity contribution in [2.75, 3.05) is 0 Å². The van der Waals surface area contributed by atoms with Crippen molar-refractivity contribution >= 4 is 34.2 Å². The lowest BCUT2D eigenvalue weighted by Crippen LogP contribution is -2.32. The Morgan fingerprint density at radius 3 is 2.65 bits per heavy atom. The van der Waals surface area contributed by atoms with Crippen molar-refractivity contribution in [2.24, 2.45) is 5.92 Å². The van der Waals surface area contributed by atoms with Crippen LogP contribution in [0.5, 0.6) is 0 Å². The fourth-order valence-corrected chi connectivity index (χ4v) is 2.89. The highest BCUT2D eigenvalue weighted by atomic mass is 35.5. The maximum Gasteiger partial charge on any atom is 0.270 e. The number of benzene rings is 2. The summed E-state index contributed by atoms with van der Waals surface area (Å²) in [5.41, 5.74) is 1.54. The summed E-state index contributed by atoms with van der Waals surface area (Å²) in [7, 11) is 0. The highest BCUT2D eigenvalue weighted by Crippen LogP contribution is 2.26. The molecule has 2 aromatic carbocycles. The van der Waals surface area contributed by atoms with Crippen LogP contribution < -0.4 is 5.32 Å². The molecule has 0 aliphatic rings. The first-order valence-electron chi connectivity index (χ1n) is 8.06. The number of carbonyl (C=O) groups is 1. The number of nitro groups is 1. The van der Waals surface area contributed by atoms with Gasteiger partial charge in [-0.2, -0.15) is 0 Å². The van der Waals surface area contributed by atoms with Gasteiger partial charge in [0.15, 0.2) is 0 Å². The number of halogens is 1. The smallest absolute Gasteiger partial charge is 0.270 e. The molecule has 3 rings (SSSR count). The molecule has 7 nitrogen and oxygen atoms in total. The van der Waals surface area contributed by atoms with E-state index in [1.807, 2.05) is 38.1 Å². The van der Waals surface area contributed by atoms with E-state index in [-0.39, 0.29) is 22.2 Å². The number of hydrogen-bond acceptors (Lipinski definition) is 4. The van der Waals surface area contributed by atoms with Crippen molar-refractivity contribution in [1.29, 1.82) is 0 Å². The molecule has 0 unspecified atom stereocenters. The molecular formula is C18H17ClN4O3. The fourth-order valence-electron chi connectivity index (χ4n) is 2.69. The second-order valence-corrected chi connectivity index (χ2v) is 6.66. The molecule has 2 N–H and O–H groups in total. The molecule has 1 aromatic heterocycles. The van der Waals surface area contributed by atoms with Crippen LogP contribution >= 0.6 is 11.6 Å². The number of amides is 1. The summed E-state index contributed by atoms with van der Waals surface area (Å²) in [6.45, 7) is 3.90. The standard InChI is InChI=1S/C18H17ClN4O3/c1-10(2)16(17-20-14-5-3-4-6-15(14)21-17)22-18(24)12-9-11(23(25)26)7-8-13(12)19/h3-10,16H,1-2H3,(H,20,21)(H,22,24)/t16-/m0/s1. The lowest BCUT2D eigenvalue weighted by molar-refractivity contribution is -0.384. The summed E-state index contributed by atoms with van der Waals surface area (Å²) in [5, 5.41) is 14.0. The van der Waals surface area contributed by atoms with Crippen molar-refractivity contribution < 1.29 is 9.72 Å². The number of nitrogens with one attached hydrogen (secondary N) is 2. The predicted octanol–water partition coefficient (Wildman–Crippen LogP) is 4.25. The SMILES string of the molecule is CC(C)[C@H](NC(=O)c1cc([N+](=O)[O-])ccc1Cl)c1nc2ccccc2[nH]1. The van der Waals surface area contributed by atoms with Gasteiger partial charge in [-0.25, -0.2) is 4.98 Å². The summed E-state index contributed by atoms with van der Waals surface area (Å²) < 4.78 is 0. The van der Waals surface area contributed by atoms with Crippen molar-refractivity contribution in [3.8, 4) is 0 Å². The van der Waals surface area contributed by atoms with Gasteiger partial charge in [-0.3, -0.25) is 14.9 Å². The highest BCUT2D eigenvalue weighted by molar-refractivity contribution is 6.34. The third-order valence-corrected chi connectivity index (χ3v) is 4.39. The molecule has 1 atom stereocenters. The van der Waals surface area contributed by atoms with Crippen molar-refractivity contribution in [2.45, 2.75) is 19.9 Å². The molecule has 134 valence electrons. The Labute approximate surface area is 154 Å². The topological polar surface area (TPSA) is 101 Å². The van der Waals surface area contributed by atoms with E-state index in [1.165, 1.54) is 18.2 Å². The first kappa shape index (κ1) is 17.9. The van der Waals surface area contributed by atoms with Crippen molar-refractivity contribution in [3.05, 3.63) is 69.0 Å². The molecule has 0 aliphatic heterocycles. The van der Waals surface area contributed by atoms with Crippen LogP contribution in [0, 0.1) is 16.0 Å². The molecule has 0 fully saturated rings. The van der Waals surface area contributed by atoms with Crippen LogP contribution in [0.4, 0.5) is 5.69 Å². The van der Waals surface area contributed by atoms with Gasteiger partial charge in [0, 0.05) is 12.1 Å². The number of fused-ring (bicyclic) bond motifs is 1. The minimum absolute atomic E-state index is 0.0389. The average Bonchev–Trinajstić information content (AvgIpc) is 3.02. The lowest BCUT2D eigenvalue weighted by Gasteiger charge is -2.20. The number of aromatic amines is 1. The van der Waals surface area contributed by atoms with Crippen LogP contribution in [0.15, 0.2) is 42.5 Å². The summed E-state index contributed by atoms with van der Waals surface area (Å²) in [4.78, 5) is 30.8. The van der Waals surface area contributed by atoms with Gasteiger partial charge in [-0.1, -0.05) is 37.6 Å². The maximum atomic E-state index is 12.7. The largest absolute Gasteiger partial charge is 0.342 e. The van der Waals surface area contributed by atoms with E-state index in [4.69, 9.17) is 11.6 Å². The predicted molar refractivity (Wildman–Crippen MR) is 99.2 cm³/mol. The average molecular weight is 373 g/mol. The number of imidazole rings is 1. The van der Waals surface area contributed by atoms with E-state index in [9.17, 15) is 14.9 Å². The minimum atomic E-state index is -0.563. The number of carbonyl (C=O) groups excluding carboxylic acids is 1. The van der Waals surface area contributed by atoms with Crippen LogP contribution in [-0.4, -0.2) is 20.8 Å². The van der Waals surface area contributed by atoms with Crippen molar-refractivity contribution in [3.63, 3.8) is 0 Å². The molecule has 0 saturated heterocycles. The van der Waals surface area contributed by atoms with Gasteiger partial charge in [-0.15, -0.1) is 0 Å². The van der Waals surface area contributed by atoms with E-state index in [0.29, 0.717) is 5.82 Å².